The summed E-state index contributed by atoms with van der Waals surface area (Å²) < 4.78 is 0. The number of hydrogen-bond acceptors (Lipinski definition) is 1. The highest BCUT2D eigenvalue weighted by Crippen LogP contribution is 2.09. The highest BCUT2D eigenvalue weighted by Gasteiger charge is 2.11. The predicted molar refractivity (Wildman–Crippen MR) is 40.8 cm³/mol. The third-order valence-corrected chi connectivity index (χ3v) is 1.58. The number of carbonyl (C=O) groups is 1. The molecule has 0 saturated carbocycles. The molecule has 0 aromatic rings. The van der Waals surface area contributed by atoms with Crippen LogP contribution in [0.3, 0.4) is 0 Å². The topological polar surface area (TPSA) is 37.3 Å². The zero-order chi connectivity index (χ0) is 8.15. The molecule has 1 unspecified atom stereocenters. The number of allylic oxidation sites excluding steroid dienone is 1. The Bertz CT molecular complexity index is 147. The van der Waals surface area contributed by atoms with Crippen molar-refractivity contribution in [3.63, 3.8) is 0 Å². The fraction of sp³-hybridized carbons (Fsp3) is 0.625. The molecule has 0 radical (unpaired) electrons. The molecule has 0 saturated heterocycles. The van der Waals surface area contributed by atoms with Crippen LogP contribution in [0.2, 0.25) is 0 Å². The van der Waals surface area contributed by atoms with Gasteiger partial charge in [0.05, 0.1) is 5.92 Å². The molecule has 2 nitrogen and oxygen atoms in total. The van der Waals surface area contributed by atoms with Gasteiger partial charge in [0.2, 0.25) is 0 Å². The van der Waals surface area contributed by atoms with E-state index in [1.807, 2.05) is 19.9 Å². The van der Waals surface area contributed by atoms with E-state index >= 15 is 0 Å². The molecule has 58 valence electrons. The number of rotatable bonds is 3. The van der Waals surface area contributed by atoms with E-state index in [1.165, 1.54) is 0 Å². The zero-order valence-electron chi connectivity index (χ0n) is 6.72. The van der Waals surface area contributed by atoms with Crippen LogP contribution in [0.25, 0.3) is 0 Å². The summed E-state index contributed by atoms with van der Waals surface area (Å²) in [6.07, 6.45) is 2.85. The lowest BCUT2D eigenvalue weighted by atomic mass is 10.0. The van der Waals surface area contributed by atoms with Gasteiger partial charge in [0.1, 0.15) is 0 Å². The molecule has 0 aliphatic heterocycles. The summed E-state index contributed by atoms with van der Waals surface area (Å²) in [7, 11) is 0. The summed E-state index contributed by atoms with van der Waals surface area (Å²) in [5.74, 6) is -1.08. The lowest BCUT2D eigenvalue weighted by molar-refractivity contribution is -0.139. The molecule has 0 amide bonds. The Kier molecular flexibility index (Phi) is 3.77. The van der Waals surface area contributed by atoms with Crippen molar-refractivity contribution < 1.29 is 9.90 Å². The average Bonchev–Trinajstić information content (AvgIpc) is 1.87. The van der Waals surface area contributed by atoms with E-state index in [0.29, 0.717) is 0 Å². The van der Waals surface area contributed by atoms with Crippen LogP contribution in [0.4, 0.5) is 0 Å². The number of hydrogen-bond donors (Lipinski definition) is 1. The van der Waals surface area contributed by atoms with Crippen molar-refractivity contribution in [2.45, 2.75) is 27.2 Å². The minimum absolute atomic E-state index is 0.333. The van der Waals surface area contributed by atoms with Gasteiger partial charge in [0, 0.05) is 0 Å². The second-order valence-corrected chi connectivity index (χ2v) is 2.42. The monoisotopic (exact) mass is 142 g/mol. The average molecular weight is 142 g/mol. The largest absolute Gasteiger partial charge is 0.481 e. The van der Waals surface area contributed by atoms with E-state index in [4.69, 9.17) is 5.11 Å². The molecule has 0 aliphatic carbocycles. The Balaban J connectivity index is 4.06. The van der Waals surface area contributed by atoms with Crippen LogP contribution in [0.1, 0.15) is 27.2 Å². The van der Waals surface area contributed by atoms with Crippen LogP contribution in [0, 0.1) is 5.92 Å². The van der Waals surface area contributed by atoms with Crippen LogP contribution in [-0.2, 0) is 4.79 Å². The highest BCUT2D eigenvalue weighted by atomic mass is 16.4. The number of carboxylic acid groups (broad SMARTS) is 1. The van der Waals surface area contributed by atoms with Crippen molar-refractivity contribution in [3.8, 4) is 0 Å². The van der Waals surface area contributed by atoms with Gasteiger partial charge in [-0.2, -0.15) is 0 Å². The van der Waals surface area contributed by atoms with Gasteiger partial charge in [0.15, 0.2) is 0 Å². The van der Waals surface area contributed by atoms with Gasteiger partial charge < -0.3 is 5.11 Å². The summed E-state index contributed by atoms with van der Waals surface area (Å²) in [4.78, 5) is 10.4. The molecule has 1 N–H and O–H groups in total. The Morgan fingerprint density at radius 1 is 1.70 bits per heavy atom. The van der Waals surface area contributed by atoms with Crippen LogP contribution < -0.4 is 0 Å². The molecule has 0 spiro atoms. The van der Waals surface area contributed by atoms with E-state index < -0.39 is 5.97 Å². The first-order valence-corrected chi connectivity index (χ1v) is 3.49. The van der Waals surface area contributed by atoms with Crippen molar-refractivity contribution >= 4 is 5.97 Å². The fourth-order valence-corrected chi connectivity index (χ4v) is 0.694. The minimum atomic E-state index is -0.748. The SMILES string of the molecule is CCC=C(C)C(C)C(=O)O. The number of carboxylic acids is 1. The first-order chi connectivity index (χ1) is 4.59. The van der Waals surface area contributed by atoms with Crippen LogP contribution in [0.15, 0.2) is 11.6 Å². The van der Waals surface area contributed by atoms with E-state index in [9.17, 15) is 4.79 Å². The molecule has 0 rings (SSSR count). The summed E-state index contributed by atoms with van der Waals surface area (Å²) in [6, 6.07) is 0. The second kappa shape index (κ2) is 4.09. The molecular formula is C8H14O2. The van der Waals surface area contributed by atoms with E-state index in [1.54, 1.807) is 6.92 Å². The summed E-state index contributed by atoms with van der Waals surface area (Å²) in [5, 5.41) is 8.54. The van der Waals surface area contributed by atoms with Crippen LogP contribution in [0.5, 0.6) is 0 Å². The highest BCUT2D eigenvalue weighted by molar-refractivity contribution is 5.72. The number of aliphatic carboxylic acids is 1. The molecule has 1 atom stereocenters. The van der Waals surface area contributed by atoms with Crippen molar-refractivity contribution in [3.05, 3.63) is 11.6 Å². The van der Waals surface area contributed by atoms with Gasteiger partial charge in [-0.3, -0.25) is 4.79 Å². The van der Waals surface area contributed by atoms with E-state index in [-0.39, 0.29) is 5.92 Å². The molecule has 10 heavy (non-hydrogen) atoms. The van der Waals surface area contributed by atoms with Crippen molar-refractivity contribution in [1.82, 2.24) is 0 Å². The van der Waals surface area contributed by atoms with Crippen molar-refractivity contribution in [2.75, 3.05) is 0 Å². The Labute approximate surface area is 61.6 Å². The maximum absolute atomic E-state index is 10.4. The molecule has 0 fully saturated rings. The van der Waals surface area contributed by atoms with Gasteiger partial charge in [-0.15, -0.1) is 0 Å². The predicted octanol–water partition coefficient (Wildman–Crippen LogP) is 2.06. The third-order valence-electron chi connectivity index (χ3n) is 1.58. The van der Waals surface area contributed by atoms with Crippen LogP contribution in [-0.4, -0.2) is 11.1 Å². The molecular weight excluding hydrogens is 128 g/mol. The minimum Gasteiger partial charge on any atom is -0.481 e. The quantitative estimate of drug-likeness (QED) is 0.612. The first kappa shape index (κ1) is 9.21. The van der Waals surface area contributed by atoms with Gasteiger partial charge >= 0.3 is 5.97 Å². The van der Waals surface area contributed by atoms with Crippen LogP contribution >= 0.6 is 0 Å². The van der Waals surface area contributed by atoms with E-state index in [0.717, 1.165) is 12.0 Å². The zero-order valence-corrected chi connectivity index (χ0v) is 6.72. The van der Waals surface area contributed by atoms with Gasteiger partial charge in [-0.05, 0) is 20.3 Å². The lowest BCUT2D eigenvalue weighted by Crippen LogP contribution is -2.10. The van der Waals surface area contributed by atoms with Gasteiger partial charge in [0.25, 0.3) is 0 Å². The first-order valence-electron chi connectivity index (χ1n) is 3.49. The molecule has 0 aromatic carbocycles. The smallest absolute Gasteiger partial charge is 0.310 e. The van der Waals surface area contributed by atoms with Gasteiger partial charge in [-0.1, -0.05) is 18.6 Å². The maximum Gasteiger partial charge on any atom is 0.310 e. The van der Waals surface area contributed by atoms with Crippen molar-refractivity contribution in [1.29, 1.82) is 0 Å². The standard InChI is InChI=1S/C8H14O2/c1-4-5-6(2)7(3)8(9)10/h5,7H,4H2,1-3H3,(H,9,10). The Hall–Kier alpha value is -0.790. The molecule has 0 bridgehead atoms. The fourth-order valence-electron chi connectivity index (χ4n) is 0.694. The Morgan fingerprint density at radius 2 is 2.20 bits per heavy atom. The van der Waals surface area contributed by atoms with Gasteiger partial charge in [-0.25, -0.2) is 0 Å². The summed E-state index contributed by atoms with van der Waals surface area (Å²) in [5.41, 5.74) is 0.940. The summed E-state index contributed by atoms with van der Waals surface area (Å²) >= 11 is 0. The molecule has 2 heteroatoms. The Morgan fingerprint density at radius 3 is 2.50 bits per heavy atom. The summed E-state index contributed by atoms with van der Waals surface area (Å²) in [6.45, 7) is 5.55. The normalized spacial score (nSPS) is 14.9. The maximum atomic E-state index is 10.4. The van der Waals surface area contributed by atoms with Crippen molar-refractivity contribution in [2.24, 2.45) is 5.92 Å². The molecule has 0 heterocycles. The second-order valence-electron chi connectivity index (χ2n) is 2.42. The lowest BCUT2D eigenvalue weighted by Gasteiger charge is -2.04. The molecule has 0 aromatic heterocycles. The molecule has 0 aliphatic rings. The third kappa shape index (κ3) is 2.67. The van der Waals surface area contributed by atoms with E-state index in [2.05, 4.69) is 0 Å².